The zero-order chi connectivity index (χ0) is 31.5. The Morgan fingerprint density at radius 3 is 1.70 bits per heavy atom. The molecule has 0 fully saturated rings. The number of phenols is 1. The standard InChI is InChI=1S/C29H21N5O8S2/c35-28-24-15-12-22(30-29(36)18-4-2-1-3-5-18)16-25(24)27(44(40,41)42)17-26(28)34-33-20-8-6-19(7-9-20)31-32-21-10-13-23(14-11-21)43(37,38)39/h1-17,35H,(H,30,36)(H,37,38,39)(H,40,41,42). The van der Waals surface area contributed by atoms with Gasteiger partial charge in [0, 0.05) is 22.0 Å². The van der Waals surface area contributed by atoms with Crippen LogP contribution in [0.2, 0.25) is 0 Å². The van der Waals surface area contributed by atoms with E-state index in [2.05, 4.69) is 25.8 Å². The summed E-state index contributed by atoms with van der Waals surface area (Å²) in [5.74, 6) is -0.836. The third-order valence-corrected chi connectivity index (χ3v) is 7.92. The molecule has 222 valence electrons. The van der Waals surface area contributed by atoms with E-state index in [1.165, 1.54) is 54.6 Å². The first kappa shape index (κ1) is 30.1. The van der Waals surface area contributed by atoms with E-state index >= 15 is 0 Å². The number of rotatable bonds is 8. The highest BCUT2D eigenvalue weighted by molar-refractivity contribution is 7.86. The number of hydrogen-bond acceptors (Lipinski definition) is 10. The van der Waals surface area contributed by atoms with Crippen molar-refractivity contribution >= 4 is 65.4 Å². The summed E-state index contributed by atoms with van der Waals surface area (Å²) in [6.45, 7) is 0. The lowest BCUT2D eigenvalue weighted by molar-refractivity contribution is 0.102. The number of azo groups is 2. The summed E-state index contributed by atoms with van der Waals surface area (Å²) in [5, 5.41) is 29.5. The summed E-state index contributed by atoms with van der Waals surface area (Å²) in [4.78, 5) is 11.7. The maximum Gasteiger partial charge on any atom is 0.295 e. The number of phenolic OH excluding ortho intramolecular Hbond substituents is 1. The van der Waals surface area contributed by atoms with Crippen LogP contribution in [0.3, 0.4) is 0 Å². The minimum atomic E-state index is -4.78. The predicted octanol–water partition coefficient (Wildman–Crippen LogP) is 7.12. The molecule has 0 unspecified atom stereocenters. The number of carbonyl (C=O) groups excluding carboxylic acids is 1. The van der Waals surface area contributed by atoms with E-state index in [9.17, 15) is 31.3 Å². The van der Waals surface area contributed by atoms with Crippen LogP contribution in [-0.4, -0.2) is 37.0 Å². The normalized spacial score (nSPS) is 12.2. The van der Waals surface area contributed by atoms with Gasteiger partial charge in [0.25, 0.3) is 26.1 Å². The zero-order valence-electron chi connectivity index (χ0n) is 22.3. The van der Waals surface area contributed by atoms with Gasteiger partial charge in [-0.15, -0.1) is 5.11 Å². The number of benzene rings is 5. The van der Waals surface area contributed by atoms with E-state index in [1.54, 1.807) is 42.5 Å². The van der Waals surface area contributed by atoms with Gasteiger partial charge in [0.2, 0.25) is 0 Å². The molecule has 0 spiro atoms. The lowest BCUT2D eigenvalue weighted by atomic mass is 10.1. The Hall–Kier alpha value is -5.35. The summed E-state index contributed by atoms with van der Waals surface area (Å²) in [6.07, 6.45) is 0. The molecule has 44 heavy (non-hydrogen) atoms. The number of anilines is 1. The van der Waals surface area contributed by atoms with Gasteiger partial charge < -0.3 is 10.4 Å². The van der Waals surface area contributed by atoms with E-state index in [-0.39, 0.29) is 27.0 Å². The van der Waals surface area contributed by atoms with Crippen molar-refractivity contribution in [2.75, 3.05) is 5.32 Å². The van der Waals surface area contributed by atoms with Crippen LogP contribution in [0.5, 0.6) is 5.75 Å². The van der Waals surface area contributed by atoms with Crippen LogP contribution in [0.1, 0.15) is 10.4 Å². The monoisotopic (exact) mass is 631 g/mol. The molecular weight excluding hydrogens is 610 g/mol. The number of nitrogens with one attached hydrogen (secondary N) is 1. The van der Waals surface area contributed by atoms with Crippen molar-refractivity contribution in [1.29, 1.82) is 0 Å². The van der Waals surface area contributed by atoms with Gasteiger partial charge in [-0.2, -0.15) is 32.2 Å². The molecule has 0 aliphatic carbocycles. The molecule has 5 rings (SSSR count). The molecule has 13 nitrogen and oxygen atoms in total. The Kier molecular flexibility index (Phi) is 8.28. The number of aromatic hydroxyl groups is 1. The zero-order valence-corrected chi connectivity index (χ0v) is 23.9. The van der Waals surface area contributed by atoms with Crippen LogP contribution < -0.4 is 5.32 Å². The van der Waals surface area contributed by atoms with E-state index in [4.69, 9.17) is 4.55 Å². The topological polar surface area (TPSA) is 208 Å². The maximum absolute atomic E-state index is 12.5. The van der Waals surface area contributed by atoms with E-state index in [1.807, 2.05) is 0 Å². The largest absolute Gasteiger partial charge is 0.505 e. The lowest BCUT2D eigenvalue weighted by Gasteiger charge is -2.11. The predicted molar refractivity (Wildman–Crippen MR) is 161 cm³/mol. The molecule has 0 aliphatic heterocycles. The van der Waals surface area contributed by atoms with Gasteiger partial charge in [-0.3, -0.25) is 13.9 Å². The van der Waals surface area contributed by atoms with Gasteiger partial charge in [0.1, 0.15) is 10.6 Å². The second-order valence-electron chi connectivity index (χ2n) is 9.18. The molecule has 0 bridgehead atoms. The molecule has 5 aromatic carbocycles. The van der Waals surface area contributed by atoms with Crippen LogP contribution in [0.25, 0.3) is 10.8 Å². The van der Waals surface area contributed by atoms with Gasteiger partial charge in [-0.05, 0) is 84.9 Å². The average molecular weight is 632 g/mol. The minimum absolute atomic E-state index is 0.0443. The summed E-state index contributed by atoms with van der Waals surface area (Å²) < 4.78 is 65.8. The first-order chi connectivity index (χ1) is 20.9. The molecule has 1 amide bonds. The smallest absolute Gasteiger partial charge is 0.295 e. The Labute approximate surface area is 250 Å². The second kappa shape index (κ2) is 12.1. The maximum atomic E-state index is 12.5. The van der Waals surface area contributed by atoms with Gasteiger partial charge in [0.05, 0.1) is 22.0 Å². The Morgan fingerprint density at radius 2 is 1.16 bits per heavy atom. The Bertz CT molecular complexity index is 2150. The third-order valence-electron chi connectivity index (χ3n) is 6.16. The van der Waals surface area contributed by atoms with Crippen LogP contribution in [-0.2, 0) is 20.2 Å². The number of carbonyl (C=O) groups is 1. The minimum Gasteiger partial charge on any atom is -0.505 e. The fourth-order valence-corrected chi connectivity index (χ4v) is 5.21. The van der Waals surface area contributed by atoms with E-state index in [0.717, 1.165) is 6.07 Å². The van der Waals surface area contributed by atoms with Gasteiger partial charge in [-0.1, -0.05) is 18.2 Å². The van der Waals surface area contributed by atoms with Gasteiger partial charge >= 0.3 is 0 Å². The fraction of sp³-hybridized carbons (Fsp3) is 0. The number of fused-ring (bicyclic) bond motifs is 1. The third kappa shape index (κ3) is 6.99. The van der Waals surface area contributed by atoms with Crippen molar-refractivity contribution in [2.45, 2.75) is 9.79 Å². The summed E-state index contributed by atoms with van der Waals surface area (Å²) in [6, 6.07) is 24.8. The highest BCUT2D eigenvalue weighted by Gasteiger charge is 2.21. The number of hydrogen-bond donors (Lipinski definition) is 4. The van der Waals surface area contributed by atoms with Gasteiger partial charge in [0.15, 0.2) is 5.75 Å². The van der Waals surface area contributed by atoms with Crippen LogP contribution in [0.4, 0.5) is 28.4 Å². The van der Waals surface area contributed by atoms with Crippen molar-refractivity contribution in [3.63, 3.8) is 0 Å². The van der Waals surface area contributed by atoms with Gasteiger partial charge in [-0.25, -0.2) is 0 Å². The Morgan fingerprint density at radius 1 is 0.614 bits per heavy atom. The summed E-state index contributed by atoms with van der Waals surface area (Å²) in [7, 11) is -9.10. The fourth-order valence-electron chi connectivity index (χ4n) is 4.02. The first-order valence-electron chi connectivity index (χ1n) is 12.5. The van der Waals surface area contributed by atoms with Crippen LogP contribution in [0.15, 0.2) is 133 Å². The highest BCUT2D eigenvalue weighted by atomic mass is 32.2. The van der Waals surface area contributed by atoms with Crippen molar-refractivity contribution in [1.82, 2.24) is 0 Å². The van der Waals surface area contributed by atoms with Crippen LogP contribution >= 0.6 is 0 Å². The SMILES string of the molecule is O=C(Nc1ccc2c(O)c(N=Nc3ccc(N=Nc4ccc(S(=O)(=O)O)cc4)cc3)cc(S(=O)(=O)O)c2c1)c1ccccc1. The quantitative estimate of drug-likeness (QED) is 0.102. The molecule has 15 heteroatoms. The molecule has 0 aliphatic rings. The molecule has 0 saturated carbocycles. The van der Waals surface area contributed by atoms with Crippen LogP contribution in [0, 0.1) is 0 Å². The molecule has 0 heterocycles. The molecule has 4 N–H and O–H groups in total. The number of nitrogens with zero attached hydrogens (tertiary/aromatic N) is 4. The number of amides is 1. The molecule has 0 saturated heterocycles. The highest BCUT2D eigenvalue weighted by Crippen LogP contribution is 2.41. The summed E-state index contributed by atoms with van der Waals surface area (Å²) in [5.41, 5.74) is 1.45. The molecule has 0 radical (unpaired) electrons. The molecule has 5 aromatic rings. The molecular formula is C29H21N5O8S2. The van der Waals surface area contributed by atoms with Crippen molar-refractivity contribution < 1.29 is 35.8 Å². The summed E-state index contributed by atoms with van der Waals surface area (Å²) >= 11 is 0. The van der Waals surface area contributed by atoms with Crippen molar-refractivity contribution in [3.05, 3.63) is 109 Å². The lowest BCUT2D eigenvalue weighted by Crippen LogP contribution is -2.11. The Balaban J connectivity index is 1.38. The van der Waals surface area contributed by atoms with Crippen molar-refractivity contribution in [3.8, 4) is 5.75 Å². The molecule has 0 atom stereocenters. The second-order valence-corrected chi connectivity index (χ2v) is 12.0. The molecule has 0 aromatic heterocycles. The van der Waals surface area contributed by atoms with E-state index in [0.29, 0.717) is 22.6 Å². The van der Waals surface area contributed by atoms with Crippen molar-refractivity contribution in [2.24, 2.45) is 20.5 Å². The van der Waals surface area contributed by atoms with E-state index < -0.39 is 36.8 Å². The average Bonchev–Trinajstić information content (AvgIpc) is 3.00. The first-order valence-corrected chi connectivity index (χ1v) is 15.4.